The van der Waals surface area contributed by atoms with Crippen molar-refractivity contribution in [3.8, 4) is 0 Å². The van der Waals surface area contributed by atoms with Gasteiger partial charge in [-0.15, -0.1) is 0 Å². The first-order chi connectivity index (χ1) is 6.95. The van der Waals surface area contributed by atoms with Crippen molar-refractivity contribution in [2.75, 3.05) is 6.61 Å². The van der Waals surface area contributed by atoms with E-state index >= 15 is 0 Å². The van der Waals surface area contributed by atoms with Crippen molar-refractivity contribution in [3.63, 3.8) is 0 Å². The van der Waals surface area contributed by atoms with Crippen molar-refractivity contribution in [2.45, 2.75) is 18.4 Å². The molecule has 0 aromatic carbocycles. The van der Waals surface area contributed by atoms with E-state index in [4.69, 9.17) is 14.3 Å². The van der Waals surface area contributed by atoms with Crippen molar-refractivity contribution in [1.82, 2.24) is 0 Å². The maximum absolute atomic E-state index is 11.2. The fourth-order valence-electron chi connectivity index (χ4n) is 0.849. The Kier molecular flexibility index (Phi) is 3.48. The molecule has 7 heteroatoms. The molecule has 0 saturated carbocycles. The van der Waals surface area contributed by atoms with Gasteiger partial charge in [0.1, 0.15) is 0 Å². The highest BCUT2D eigenvalue weighted by Gasteiger charge is 2.17. The summed E-state index contributed by atoms with van der Waals surface area (Å²) in [5, 5.41) is 4.34. The summed E-state index contributed by atoms with van der Waals surface area (Å²) >= 11 is 0. The molecule has 84 valence electrons. The van der Waals surface area contributed by atoms with Crippen molar-refractivity contribution >= 4 is 16.0 Å². The number of nitrogens with two attached hydrogens (primary N) is 1. The summed E-state index contributed by atoms with van der Waals surface area (Å²) in [6, 6.07) is 2.32. The second kappa shape index (κ2) is 4.45. The Labute approximate surface area is 87.1 Å². The van der Waals surface area contributed by atoms with Crippen LogP contribution in [0, 0.1) is 0 Å². The minimum absolute atomic E-state index is 0.174. The molecule has 0 bridgehead atoms. The minimum atomic E-state index is -3.91. The van der Waals surface area contributed by atoms with Gasteiger partial charge in [0.15, 0.2) is 0 Å². The number of esters is 1. The molecule has 0 aliphatic rings. The molecule has 0 aliphatic carbocycles. The molecule has 2 N–H and O–H groups in total. The van der Waals surface area contributed by atoms with Crippen molar-refractivity contribution in [1.29, 1.82) is 0 Å². The molecule has 0 radical (unpaired) electrons. The zero-order chi connectivity index (χ0) is 11.5. The third kappa shape index (κ3) is 3.07. The summed E-state index contributed by atoms with van der Waals surface area (Å²) in [5.41, 5.74) is 0. The first kappa shape index (κ1) is 11.7. The maximum Gasteiger partial charge on any atom is 0.374 e. The molecule has 1 aromatic rings. The summed E-state index contributed by atoms with van der Waals surface area (Å²) in [6.45, 7) is 2.09. The average Bonchev–Trinajstić information content (AvgIpc) is 2.62. The molecule has 1 aromatic heterocycles. The maximum atomic E-state index is 11.2. The Bertz CT molecular complexity index is 447. The predicted molar refractivity (Wildman–Crippen MR) is 50.7 cm³/mol. The van der Waals surface area contributed by atoms with Crippen molar-refractivity contribution in [2.24, 2.45) is 5.14 Å². The predicted octanol–water partition coefficient (Wildman–Crippen LogP) is 0.494. The van der Waals surface area contributed by atoms with Gasteiger partial charge < -0.3 is 9.15 Å². The van der Waals surface area contributed by atoms with Crippen LogP contribution in [0.3, 0.4) is 0 Å². The van der Waals surface area contributed by atoms with Gasteiger partial charge >= 0.3 is 5.97 Å². The Hall–Kier alpha value is -1.34. The molecule has 15 heavy (non-hydrogen) atoms. The molecule has 0 saturated heterocycles. The Morgan fingerprint density at radius 1 is 1.53 bits per heavy atom. The number of furan rings is 1. The van der Waals surface area contributed by atoms with E-state index in [0.717, 1.165) is 6.07 Å². The van der Waals surface area contributed by atoms with Crippen LogP contribution in [-0.4, -0.2) is 21.0 Å². The fraction of sp³-hybridized carbons (Fsp3) is 0.375. The van der Waals surface area contributed by atoms with E-state index in [1.165, 1.54) is 6.07 Å². The van der Waals surface area contributed by atoms with Crippen molar-refractivity contribution in [3.05, 3.63) is 17.9 Å². The first-order valence-electron chi connectivity index (χ1n) is 4.25. The lowest BCUT2D eigenvalue weighted by Gasteiger charge is -1.98. The number of hydrogen-bond donors (Lipinski definition) is 1. The van der Waals surface area contributed by atoms with Gasteiger partial charge in [0.2, 0.25) is 10.9 Å². The highest BCUT2D eigenvalue weighted by Crippen LogP contribution is 2.13. The SMILES string of the molecule is CCCOC(=O)c1ccc(S(N)(=O)=O)o1. The standard InChI is InChI=1S/C8H11NO5S/c1-2-5-13-8(10)6-3-4-7(14-6)15(9,11)12/h3-4H,2,5H2,1H3,(H2,9,11,12). The number of carbonyl (C=O) groups excluding carboxylic acids is 1. The Morgan fingerprint density at radius 2 is 2.20 bits per heavy atom. The monoisotopic (exact) mass is 233 g/mol. The molecule has 1 rings (SSSR count). The average molecular weight is 233 g/mol. The van der Waals surface area contributed by atoms with Gasteiger partial charge in [0.25, 0.3) is 10.0 Å². The molecule has 1 heterocycles. The number of rotatable bonds is 4. The second-order valence-corrected chi connectivity index (χ2v) is 4.29. The Balaban J connectivity index is 2.81. The molecule has 0 amide bonds. The van der Waals surface area contributed by atoms with Crippen LogP contribution in [0.2, 0.25) is 0 Å². The first-order valence-corrected chi connectivity index (χ1v) is 5.79. The number of hydrogen-bond acceptors (Lipinski definition) is 5. The van der Waals surface area contributed by atoms with Crippen LogP contribution in [0.15, 0.2) is 21.6 Å². The van der Waals surface area contributed by atoms with Crippen molar-refractivity contribution < 1.29 is 22.4 Å². The van der Waals surface area contributed by atoms with Crippen LogP contribution in [-0.2, 0) is 14.8 Å². The van der Waals surface area contributed by atoms with Crippen LogP contribution < -0.4 is 5.14 Å². The lowest BCUT2D eigenvalue weighted by atomic mass is 10.4. The van der Waals surface area contributed by atoms with E-state index in [2.05, 4.69) is 0 Å². The van der Waals surface area contributed by atoms with Gasteiger partial charge in [-0.3, -0.25) is 0 Å². The summed E-state index contributed by atoms with van der Waals surface area (Å²) in [4.78, 5) is 11.2. The molecule has 0 spiro atoms. The largest absolute Gasteiger partial charge is 0.460 e. The van der Waals surface area contributed by atoms with Gasteiger partial charge in [-0.1, -0.05) is 6.92 Å². The number of carbonyl (C=O) groups is 1. The van der Waals surface area contributed by atoms with Gasteiger partial charge in [0.05, 0.1) is 6.61 Å². The second-order valence-electron chi connectivity index (χ2n) is 2.80. The fourth-order valence-corrected chi connectivity index (χ4v) is 1.31. The highest BCUT2D eigenvalue weighted by atomic mass is 32.2. The zero-order valence-corrected chi connectivity index (χ0v) is 8.91. The summed E-state index contributed by atoms with van der Waals surface area (Å²) in [5.74, 6) is -0.876. The van der Waals surface area contributed by atoms with Crippen LogP contribution in [0.1, 0.15) is 23.9 Å². The number of ether oxygens (including phenoxy) is 1. The number of primary sulfonamides is 1. The third-order valence-corrected chi connectivity index (χ3v) is 2.28. The van der Waals surface area contributed by atoms with Crippen LogP contribution in [0.25, 0.3) is 0 Å². The molecule has 0 atom stereocenters. The van der Waals surface area contributed by atoms with Gasteiger partial charge in [-0.25, -0.2) is 18.4 Å². The van der Waals surface area contributed by atoms with Crippen LogP contribution in [0.4, 0.5) is 0 Å². The lowest BCUT2D eigenvalue weighted by molar-refractivity contribution is 0.0463. The number of sulfonamides is 1. The zero-order valence-electron chi connectivity index (χ0n) is 8.10. The summed E-state index contributed by atoms with van der Waals surface area (Å²) in [6.07, 6.45) is 0.675. The minimum Gasteiger partial charge on any atom is -0.460 e. The molecular formula is C8H11NO5S. The molecule has 0 fully saturated rings. The quantitative estimate of drug-likeness (QED) is 0.763. The topological polar surface area (TPSA) is 99.6 Å². The normalized spacial score (nSPS) is 11.3. The van der Waals surface area contributed by atoms with Gasteiger partial charge in [-0.05, 0) is 18.6 Å². The van der Waals surface area contributed by atoms with Gasteiger partial charge in [-0.2, -0.15) is 0 Å². The van der Waals surface area contributed by atoms with E-state index in [9.17, 15) is 13.2 Å². The van der Waals surface area contributed by atoms with Crippen LogP contribution in [0.5, 0.6) is 0 Å². The molecule has 6 nitrogen and oxygen atoms in total. The van der Waals surface area contributed by atoms with E-state index in [1.54, 1.807) is 0 Å². The van der Waals surface area contributed by atoms with E-state index in [0.29, 0.717) is 6.42 Å². The third-order valence-electron chi connectivity index (χ3n) is 1.50. The van der Waals surface area contributed by atoms with Crippen LogP contribution >= 0.6 is 0 Å². The summed E-state index contributed by atoms with van der Waals surface area (Å²) < 4.78 is 31.1. The van der Waals surface area contributed by atoms with Gasteiger partial charge in [0, 0.05) is 0 Å². The molecular weight excluding hydrogens is 222 g/mol. The lowest BCUT2D eigenvalue weighted by Crippen LogP contribution is -2.11. The summed E-state index contributed by atoms with van der Waals surface area (Å²) in [7, 11) is -3.91. The molecule has 0 unspecified atom stereocenters. The molecule has 0 aliphatic heterocycles. The highest BCUT2D eigenvalue weighted by molar-refractivity contribution is 7.89. The van der Waals surface area contributed by atoms with E-state index in [1.807, 2.05) is 6.92 Å². The van der Waals surface area contributed by atoms with E-state index in [-0.39, 0.29) is 12.4 Å². The Morgan fingerprint density at radius 3 is 2.67 bits per heavy atom. The van der Waals surface area contributed by atoms with E-state index < -0.39 is 21.1 Å². The smallest absolute Gasteiger partial charge is 0.374 e.